The molecule has 4 aromatic rings. The summed E-state index contributed by atoms with van der Waals surface area (Å²) in [5.74, 6) is 0. The van der Waals surface area contributed by atoms with Crippen molar-refractivity contribution in [3.8, 4) is 0 Å². The third kappa shape index (κ3) is 5.78. The first-order chi connectivity index (χ1) is 18.3. The first-order valence-corrected chi connectivity index (χ1v) is 17.3. The minimum absolute atomic E-state index is 0.109. The predicted molar refractivity (Wildman–Crippen MR) is 159 cm³/mol. The maximum atomic E-state index is 13.6. The summed E-state index contributed by atoms with van der Waals surface area (Å²) in [6.07, 6.45) is 1.32. The van der Waals surface area contributed by atoms with Crippen LogP contribution in [0.3, 0.4) is 0 Å². The molecule has 5 heteroatoms. The number of fused-ring (bicyclic) bond motifs is 3. The molecule has 0 aliphatic carbocycles. The zero-order chi connectivity index (χ0) is 26.7. The van der Waals surface area contributed by atoms with Crippen molar-refractivity contribution in [1.29, 1.82) is 0 Å². The Labute approximate surface area is 227 Å². The fourth-order valence-electron chi connectivity index (χ4n) is 5.83. The molecule has 0 bridgehead atoms. The highest BCUT2D eigenvalue weighted by Gasteiger charge is 2.37. The summed E-state index contributed by atoms with van der Waals surface area (Å²) in [6.45, 7) is 13.3. The van der Waals surface area contributed by atoms with Crippen molar-refractivity contribution in [3.05, 3.63) is 119 Å². The van der Waals surface area contributed by atoms with Gasteiger partial charge in [0, 0.05) is 37.8 Å². The first kappa shape index (κ1) is 26.1. The van der Waals surface area contributed by atoms with Crippen molar-refractivity contribution >= 4 is 25.1 Å². The quantitative estimate of drug-likeness (QED) is 0.173. The van der Waals surface area contributed by atoms with E-state index in [2.05, 4.69) is 85.4 Å². The van der Waals surface area contributed by atoms with E-state index in [1.54, 1.807) is 0 Å². The second kappa shape index (κ2) is 11.0. The number of carbonyl (C=O) groups is 1. The van der Waals surface area contributed by atoms with Crippen LogP contribution in [-0.4, -0.2) is 30.2 Å². The van der Waals surface area contributed by atoms with Gasteiger partial charge in [-0.1, -0.05) is 104 Å². The van der Waals surface area contributed by atoms with Crippen LogP contribution in [-0.2, 0) is 24.3 Å². The van der Waals surface area contributed by atoms with Crippen LogP contribution >= 0.6 is 0 Å². The Kier molecular flexibility index (Phi) is 7.57. The molecule has 2 heterocycles. The first-order valence-electron chi connectivity index (χ1n) is 13.6. The molecule has 1 aliphatic rings. The van der Waals surface area contributed by atoms with Gasteiger partial charge in [0.1, 0.15) is 6.61 Å². The molecule has 0 spiro atoms. The molecule has 1 aliphatic heterocycles. The summed E-state index contributed by atoms with van der Waals surface area (Å²) in [7, 11) is -1.35. The van der Waals surface area contributed by atoms with Crippen LogP contribution < -0.4 is 0 Å². The van der Waals surface area contributed by atoms with Crippen LogP contribution in [0, 0.1) is 0 Å². The van der Waals surface area contributed by atoms with Crippen molar-refractivity contribution in [2.75, 3.05) is 6.54 Å². The van der Waals surface area contributed by atoms with Crippen LogP contribution in [0.1, 0.15) is 34.8 Å². The normalized spacial score (nSPS) is 15.3. The summed E-state index contributed by atoms with van der Waals surface area (Å²) in [5, 5.41) is 1.29. The van der Waals surface area contributed by atoms with E-state index in [9.17, 15) is 4.79 Å². The van der Waals surface area contributed by atoms with Crippen molar-refractivity contribution in [1.82, 2.24) is 9.47 Å². The standard InChI is InChI=1S/C33H38N2O2Si/c1-25(24-38(2,3)4)21-31-32-29(19-20-34(31)33(36)37-23-27-15-9-6-10-16-27)28-17-11-12-18-30(28)35(32)22-26-13-7-5-8-14-26/h5-18,31H,1,19-24H2,2-4H3. The molecule has 0 saturated carbocycles. The minimum Gasteiger partial charge on any atom is -0.445 e. The molecule has 0 fully saturated rings. The van der Waals surface area contributed by atoms with E-state index in [-0.39, 0.29) is 18.7 Å². The van der Waals surface area contributed by atoms with E-state index in [1.807, 2.05) is 35.2 Å². The number of carbonyl (C=O) groups excluding carboxylic acids is 1. The molecule has 1 atom stereocenters. The Morgan fingerprint density at radius 3 is 2.24 bits per heavy atom. The second-order valence-electron chi connectivity index (χ2n) is 11.6. The number of aromatic nitrogens is 1. The molecular weight excluding hydrogens is 484 g/mol. The number of nitrogens with zero attached hydrogens (tertiary/aromatic N) is 2. The summed E-state index contributed by atoms with van der Waals surface area (Å²) < 4.78 is 8.32. The molecule has 0 N–H and O–H groups in total. The zero-order valence-corrected chi connectivity index (χ0v) is 23.8. The largest absolute Gasteiger partial charge is 0.445 e. The van der Waals surface area contributed by atoms with E-state index in [0.29, 0.717) is 6.54 Å². The Morgan fingerprint density at radius 2 is 1.55 bits per heavy atom. The van der Waals surface area contributed by atoms with E-state index in [1.165, 1.54) is 33.3 Å². The highest BCUT2D eigenvalue weighted by Crippen LogP contribution is 2.41. The van der Waals surface area contributed by atoms with Gasteiger partial charge in [0.05, 0.1) is 6.04 Å². The van der Waals surface area contributed by atoms with Crippen LogP contribution in [0.25, 0.3) is 10.9 Å². The lowest BCUT2D eigenvalue weighted by Crippen LogP contribution is -2.41. The highest BCUT2D eigenvalue weighted by molar-refractivity contribution is 6.76. The number of amides is 1. The fourth-order valence-corrected chi connectivity index (χ4v) is 7.48. The molecule has 1 unspecified atom stereocenters. The average Bonchev–Trinajstić information content (AvgIpc) is 3.21. The van der Waals surface area contributed by atoms with Gasteiger partial charge in [-0.2, -0.15) is 0 Å². The van der Waals surface area contributed by atoms with Crippen LogP contribution in [0.5, 0.6) is 0 Å². The third-order valence-electron chi connectivity index (χ3n) is 7.30. The van der Waals surface area contributed by atoms with Crippen molar-refractivity contribution < 1.29 is 9.53 Å². The average molecular weight is 523 g/mol. The highest BCUT2D eigenvalue weighted by atomic mass is 28.3. The summed E-state index contributed by atoms with van der Waals surface area (Å²) in [4.78, 5) is 15.6. The molecule has 1 aromatic heterocycles. The Bertz CT molecular complexity index is 1420. The molecule has 3 aromatic carbocycles. The predicted octanol–water partition coefficient (Wildman–Crippen LogP) is 8.21. The van der Waals surface area contributed by atoms with Crippen LogP contribution in [0.15, 0.2) is 97.1 Å². The van der Waals surface area contributed by atoms with Gasteiger partial charge in [-0.25, -0.2) is 4.79 Å². The molecule has 5 rings (SSSR count). The van der Waals surface area contributed by atoms with E-state index >= 15 is 0 Å². The lowest BCUT2D eigenvalue weighted by Gasteiger charge is -2.37. The lowest BCUT2D eigenvalue weighted by atomic mass is 9.93. The van der Waals surface area contributed by atoms with Crippen LogP contribution in [0.2, 0.25) is 25.7 Å². The Morgan fingerprint density at radius 1 is 0.921 bits per heavy atom. The summed E-state index contributed by atoms with van der Waals surface area (Å²) in [5.41, 5.74) is 7.28. The molecule has 4 nitrogen and oxygen atoms in total. The van der Waals surface area contributed by atoms with Crippen LogP contribution in [0.4, 0.5) is 4.79 Å². The van der Waals surface area contributed by atoms with Gasteiger partial charge in [-0.15, -0.1) is 6.58 Å². The van der Waals surface area contributed by atoms with Gasteiger partial charge in [-0.3, -0.25) is 4.90 Å². The number of ether oxygens (including phenoxy) is 1. The lowest BCUT2D eigenvalue weighted by molar-refractivity contribution is 0.0754. The fraction of sp³-hybridized carbons (Fsp3) is 0.303. The van der Waals surface area contributed by atoms with E-state index in [4.69, 9.17) is 4.74 Å². The molecule has 0 radical (unpaired) electrons. The SMILES string of the molecule is C=C(CC1c2c(c3ccccc3n2Cc2ccccc2)CCN1C(=O)OCc1ccccc1)C[Si](C)(C)C. The van der Waals surface area contributed by atoms with Gasteiger partial charge in [-0.05, 0) is 41.6 Å². The number of para-hydroxylation sites is 1. The van der Waals surface area contributed by atoms with E-state index < -0.39 is 8.07 Å². The maximum Gasteiger partial charge on any atom is 0.410 e. The van der Waals surface area contributed by atoms with Gasteiger partial charge in [0.15, 0.2) is 0 Å². The minimum atomic E-state index is -1.35. The Balaban J connectivity index is 1.55. The maximum absolute atomic E-state index is 13.6. The monoisotopic (exact) mass is 522 g/mol. The second-order valence-corrected chi connectivity index (χ2v) is 17.1. The third-order valence-corrected chi connectivity index (χ3v) is 8.86. The number of hydrogen-bond donors (Lipinski definition) is 0. The van der Waals surface area contributed by atoms with Crippen molar-refractivity contribution in [2.45, 2.75) is 57.7 Å². The molecular formula is C33H38N2O2Si. The van der Waals surface area contributed by atoms with Gasteiger partial charge < -0.3 is 9.30 Å². The summed E-state index contributed by atoms with van der Waals surface area (Å²) in [6, 6.07) is 30.1. The number of rotatable bonds is 8. The Hall–Kier alpha value is -3.57. The van der Waals surface area contributed by atoms with Gasteiger partial charge >= 0.3 is 6.09 Å². The number of hydrogen-bond acceptors (Lipinski definition) is 2. The molecule has 1 amide bonds. The topological polar surface area (TPSA) is 34.5 Å². The number of benzene rings is 3. The van der Waals surface area contributed by atoms with Crippen molar-refractivity contribution in [2.24, 2.45) is 0 Å². The van der Waals surface area contributed by atoms with E-state index in [0.717, 1.165) is 31.0 Å². The zero-order valence-electron chi connectivity index (χ0n) is 22.8. The van der Waals surface area contributed by atoms with Gasteiger partial charge in [0.25, 0.3) is 0 Å². The smallest absolute Gasteiger partial charge is 0.410 e. The van der Waals surface area contributed by atoms with Crippen molar-refractivity contribution in [3.63, 3.8) is 0 Å². The van der Waals surface area contributed by atoms with Gasteiger partial charge in [0.2, 0.25) is 0 Å². The summed E-state index contributed by atoms with van der Waals surface area (Å²) >= 11 is 0. The molecule has 38 heavy (non-hydrogen) atoms. The molecule has 196 valence electrons. The molecule has 0 saturated heterocycles.